The van der Waals surface area contributed by atoms with Gasteiger partial charge in [-0.2, -0.15) is 0 Å². The van der Waals surface area contributed by atoms with E-state index < -0.39 is 0 Å². The minimum atomic E-state index is -0.0354. The van der Waals surface area contributed by atoms with Gasteiger partial charge in [-0.15, -0.1) is 24.0 Å². The van der Waals surface area contributed by atoms with Crippen LogP contribution < -0.4 is 10.6 Å². The third-order valence-corrected chi connectivity index (χ3v) is 4.84. The third kappa shape index (κ3) is 7.40. The number of hydrogen-bond acceptors (Lipinski definition) is 3. The van der Waals surface area contributed by atoms with Gasteiger partial charge in [0.25, 0.3) is 0 Å². The molecule has 1 saturated heterocycles. The minimum Gasteiger partial charge on any atom is -0.376 e. The van der Waals surface area contributed by atoms with E-state index in [1.54, 1.807) is 19.0 Å². The highest BCUT2D eigenvalue weighted by molar-refractivity contribution is 14.0. The van der Waals surface area contributed by atoms with Gasteiger partial charge in [-0.3, -0.25) is 4.79 Å². The Hall–Kier alpha value is -0.870. The van der Waals surface area contributed by atoms with E-state index >= 15 is 0 Å². The van der Waals surface area contributed by atoms with Crippen LogP contribution in [0.15, 0.2) is 33.7 Å². The lowest BCUT2D eigenvalue weighted by Gasteiger charge is -2.21. The Labute approximate surface area is 181 Å². The molecule has 1 heterocycles. The molecule has 2 unspecified atom stereocenters. The molecule has 0 radical (unpaired) electrons. The molecular weight excluding hydrogens is 511 g/mol. The van der Waals surface area contributed by atoms with Crippen LogP contribution in [0, 0.1) is 0 Å². The molecule has 1 fully saturated rings. The van der Waals surface area contributed by atoms with Crippen molar-refractivity contribution in [3.63, 3.8) is 0 Å². The predicted octanol–water partition coefficient (Wildman–Crippen LogP) is 2.93. The van der Waals surface area contributed by atoms with Crippen molar-refractivity contribution in [3.05, 3.63) is 34.3 Å². The van der Waals surface area contributed by atoms with E-state index in [0.717, 1.165) is 29.5 Å². The molecule has 2 rings (SSSR count). The molecule has 1 aliphatic heterocycles. The first-order valence-corrected chi connectivity index (χ1v) is 9.37. The van der Waals surface area contributed by atoms with Crippen LogP contribution in [0.1, 0.15) is 31.4 Å². The number of hydrogen-bond donors (Lipinski definition) is 2. The van der Waals surface area contributed by atoms with E-state index in [-0.39, 0.29) is 48.6 Å². The fourth-order valence-electron chi connectivity index (χ4n) is 2.57. The van der Waals surface area contributed by atoms with E-state index in [0.29, 0.717) is 12.5 Å². The molecule has 0 bridgehead atoms. The summed E-state index contributed by atoms with van der Waals surface area (Å²) >= 11 is 3.58. The number of amides is 1. The number of nitrogens with one attached hydrogen (secondary N) is 2. The van der Waals surface area contributed by atoms with Crippen molar-refractivity contribution in [1.29, 1.82) is 0 Å². The molecule has 0 aromatic heterocycles. The van der Waals surface area contributed by atoms with Gasteiger partial charge in [0.1, 0.15) is 6.54 Å². The standard InChI is InChI=1S/C18H27BrN4O2.HI/c1-13(15-8-4-5-9-16(15)19)22-18(21-12-17(24)23(2)3)20-11-14-7-6-10-25-14;/h4-5,8-9,13-14H,6-7,10-12H2,1-3H3,(H2,20,21,22);1H. The maximum Gasteiger partial charge on any atom is 0.243 e. The van der Waals surface area contributed by atoms with Crippen LogP contribution in [0.5, 0.6) is 0 Å². The van der Waals surface area contributed by atoms with Crippen LogP contribution in [-0.4, -0.2) is 56.7 Å². The van der Waals surface area contributed by atoms with Gasteiger partial charge in [0.05, 0.1) is 12.1 Å². The van der Waals surface area contributed by atoms with Crippen molar-refractivity contribution >= 4 is 51.8 Å². The fraction of sp³-hybridized carbons (Fsp3) is 0.556. The van der Waals surface area contributed by atoms with Crippen LogP contribution in [-0.2, 0) is 9.53 Å². The Kier molecular flexibility index (Phi) is 10.5. The normalized spacial score (nSPS) is 18.0. The highest BCUT2D eigenvalue weighted by Gasteiger charge is 2.17. The molecule has 1 aromatic carbocycles. The summed E-state index contributed by atoms with van der Waals surface area (Å²) in [5.74, 6) is 0.584. The fourth-order valence-corrected chi connectivity index (χ4v) is 3.19. The van der Waals surface area contributed by atoms with Crippen molar-refractivity contribution in [2.24, 2.45) is 4.99 Å². The molecular formula is C18H28BrIN4O2. The summed E-state index contributed by atoms with van der Waals surface area (Å²) in [6.07, 6.45) is 2.35. The molecule has 26 heavy (non-hydrogen) atoms. The maximum absolute atomic E-state index is 11.8. The maximum atomic E-state index is 11.8. The Morgan fingerprint density at radius 2 is 2.15 bits per heavy atom. The van der Waals surface area contributed by atoms with Crippen LogP contribution >= 0.6 is 39.9 Å². The number of carbonyl (C=O) groups excluding carboxylic acids is 1. The van der Waals surface area contributed by atoms with Crippen molar-refractivity contribution in [2.75, 3.05) is 33.8 Å². The third-order valence-electron chi connectivity index (χ3n) is 4.12. The number of likely N-dealkylation sites (N-methyl/N-ethyl adjacent to an activating group) is 1. The van der Waals surface area contributed by atoms with Crippen LogP contribution in [0.4, 0.5) is 0 Å². The largest absolute Gasteiger partial charge is 0.376 e. The summed E-state index contributed by atoms with van der Waals surface area (Å²) in [5, 5.41) is 6.68. The summed E-state index contributed by atoms with van der Waals surface area (Å²) in [7, 11) is 3.46. The van der Waals surface area contributed by atoms with Gasteiger partial charge in [0.15, 0.2) is 5.96 Å². The highest BCUT2D eigenvalue weighted by atomic mass is 127. The number of ether oxygens (including phenoxy) is 1. The average molecular weight is 539 g/mol. The van der Waals surface area contributed by atoms with E-state index in [1.165, 1.54) is 0 Å². The summed E-state index contributed by atoms with van der Waals surface area (Å²) in [4.78, 5) is 17.8. The predicted molar refractivity (Wildman–Crippen MR) is 119 cm³/mol. The lowest BCUT2D eigenvalue weighted by molar-refractivity contribution is -0.127. The molecule has 0 saturated carbocycles. The quantitative estimate of drug-likeness (QED) is 0.332. The lowest BCUT2D eigenvalue weighted by atomic mass is 10.1. The number of guanidine groups is 1. The van der Waals surface area contributed by atoms with Crippen molar-refractivity contribution in [1.82, 2.24) is 15.5 Å². The van der Waals surface area contributed by atoms with Crippen molar-refractivity contribution in [3.8, 4) is 0 Å². The minimum absolute atomic E-state index is 0. The zero-order valence-electron chi connectivity index (χ0n) is 15.5. The van der Waals surface area contributed by atoms with E-state index in [4.69, 9.17) is 4.74 Å². The zero-order chi connectivity index (χ0) is 18.2. The molecule has 0 aliphatic carbocycles. The van der Waals surface area contributed by atoms with Crippen molar-refractivity contribution < 1.29 is 9.53 Å². The topological polar surface area (TPSA) is 66.0 Å². The van der Waals surface area contributed by atoms with Gasteiger partial charge in [-0.05, 0) is 31.4 Å². The first-order chi connectivity index (χ1) is 12.0. The highest BCUT2D eigenvalue weighted by Crippen LogP contribution is 2.22. The van der Waals surface area contributed by atoms with E-state index in [9.17, 15) is 4.79 Å². The average Bonchev–Trinajstić information content (AvgIpc) is 3.10. The van der Waals surface area contributed by atoms with E-state index in [2.05, 4.69) is 44.5 Å². The Morgan fingerprint density at radius 3 is 2.77 bits per heavy atom. The first-order valence-electron chi connectivity index (χ1n) is 8.58. The molecule has 8 heteroatoms. The van der Waals surface area contributed by atoms with Crippen molar-refractivity contribution in [2.45, 2.75) is 31.9 Å². The first kappa shape index (κ1) is 23.2. The number of carbonyl (C=O) groups is 1. The molecule has 2 N–H and O–H groups in total. The van der Waals surface area contributed by atoms with Gasteiger partial charge in [0, 0.05) is 31.7 Å². The van der Waals surface area contributed by atoms with E-state index in [1.807, 2.05) is 18.2 Å². The summed E-state index contributed by atoms with van der Waals surface area (Å²) in [6, 6.07) is 8.11. The molecule has 1 aromatic rings. The smallest absolute Gasteiger partial charge is 0.243 e. The van der Waals surface area contributed by atoms with Crippen LogP contribution in [0.3, 0.4) is 0 Å². The molecule has 2 atom stereocenters. The van der Waals surface area contributed by atoms with Gasteiger partial charge < -0.3 is 20.3 Å². The summed E-state index contributed by atoms with van der Waals surface area (Å²) in [5.41, 5.74) is 1.13. The Morgan fingerprint density at radius 1 is 1.42 bits per heavy atom. The number of nitrogens with zero attached hydrogens (tertiary/aromatic N) is 2. The van der Waals surface area contributed by atoms with Gasteiger partial charge in [-0.25, -0.2) is 4.99 Å². The van der Waals surface area contributed by atoms with Gasteiger partial charge >= 0.3 is 0 Å². The van der Waals surface area contributed by atoms with Gasteiger partial charge in [-0.1, -0.05) is 34.1 Å². The van der Waals surface area contributed by atoms with Crippen LogP contribution in [0.2, 0.25) is 0 Å². The van der Waals surface area contributed by atoms with Gasteiger partial charge in [0.2, 0.25) is 5.91 Å². The second-order valence-electron chi connectivity index (χ2n) is 6.36. The number of rotatable bonds is 6. The number of aliphatic imine (C=N–C) groups is 1. The van der Waals surface area contributed by atoms with Crippen LogP contribution in [0.25, 0.3) is 0 Å². The second-order valence-corrected chi connectivity index (χ2v) is 7.21. The second kappa shape index (κ2) is 11.8. The molecule has 0 spiro atoms. The SMILES string of the molecule is CC(NC(=NCC(=O)N(C)C)NCC1CCCO1)c1ccccc1Br.I. The molecule has 1 aliphatic rings. The Balaban J connectivity index is 0.00000338. The molecule has 146 valence electrons. The molecule has 1 amide bonds. The summed E-state index contributed by atoms with van der Waals surface area (Å²) < 4.78 is 6.69. The monoisotopic (exact) mass is 538 g/mol. The molecule has 6 nitrogen and oxygen atoms in total. The lowest BCUT2D eigenvalue weighted by Crippen LogP contribution is -2.43. The number of halogens is 2. The number of benzene rings is 1. The Bertz CT molecular complexity index is 607. The zero-order valence-corrected chi connectivity index (χ0v) is 19.4. The summed E-state index contributed by atoms with van der Waals surface area (Å²) in [6.45, 7) is 3.68.